The number of hydrogen-bond donors (Lipinski definition) is 3. The van der Waals surface area contributed by atoms with Crippen LogP contribution in [0.4, 0.5) is 24.9 Å². The average Bonchev–Trinajstić information content (AvgIpc) is 2.60. The second-order valence-corrected chi connectivity index (χ2v) is 8.15. The second-order valence-electron chi connectivity index (χ2n) is 6.22. The highest BCUT2D eigenvalue weighted by molar-refractivity contribution is 7.90. The molecule has 0 aromatic carbocycles. The lowest BCUT2D eigenvalue weighted by Crippen LogP contribution is -2.38. The van der Waals surface area contributed by atoms with E-state index in [2.05, 4.69) is 20.6 Å². The van der Waals surface area contributed by atoms with E-state index in [0.29, 0.717) is 0 Å². The first kappa shape index (κ1) is 22.2. The number of hydrogen-bond acceptors (Lipinski definition) is 8. The fourth-order valence-electron chi connectivity index (χ4n) is 2.46. The maximum Gasteiger partial charge on any atom is 0.412 e. The summed E-state index contributed by atoms with van der Waals surface area (Å²) in [7, 11) is -3.91. The summed E-state index contributed by atoms with van der Waals surface area (Å²) in [5, 5.41) is 13.6. The van der Waals surface area contributed by atoms with Crippen LogP contribution in [-0.4, -0.2) is 42.8 Å². The van der Waals surface area contributed by atoms with Crippen molar-refractivity contribution in [1.82, 2.24) is 15.3 Å². The van der Waals surface area contributed by atoms with Crippen molar-refractivity contribution in [2.75, 3.05) is 17.3 Å². The summed E-state index contributed by atoms with van der Waals surface area (Å²) in [4.78, 5) is 19.6. The SMILES string of the molecule is C[C@H](Nc1nc(N)nc(S(C)(=O)=O)c1C#N)C(=O)NC1=CCCC(C(F)(F)F)=C1. The molecule has 1 atom stereocenters. The molecule has 0 radical (unpaired) electrons. The van der Waals surface area contributed by atoms with E-state index >= 15 is 0 Å². The molecule has 1 aromatic heterocycles. The van der Waals surface area contributed by atoms with E-state index in [4.69, 9.17) is 5.73 Å². The molecule has 0 saturated heterocycles. The molecule has 0 aliphatic heterocycles. The Hall–Kier alpha value is -3.14. The van der Waals surface area contributed by atoms with Gasteiger partial charge in [0.25, 0.3) is 0 Å². The summed E-state index contributed by atoms with van der Waals surface area (Å²) in [5.41, 5.74) is 4.27. The number of nitriles is 1. The van der Waals surface area contributed by atoms with Gasteiger partial charge in [0.1, 0.15) is 17.7 Å². The predicted octanol–water partition coefficient (Wildman–Crippen LogP) is 1.42. The Balaban J connectivity index is 2.23. The molecule has 13 heteroatoms. The summed E-state index contributed by atoms with van der Waals surface area (Å²) in [5.74, 6) is -1.45. The first-order valence-electron chi connectivity index (χ1n) is 8.16. The summed E-state index contributed by atoms with van der Waals surface area (Å²) >= 11 is 0. The van der Waals surface area contributed by atoms with E-state index in [1.54, 1.807) is 6.07 Å². The number of nitrogen functional groups attached to an aromatic ring is 1. The first-order valence-corrected chi connectivity index (χ1v) is 10.0. The zero-order valence-electron chi connectivity index (χ0n) is 15.3. The highest BCUT2D eigenvalue weighted by Crippen LogP contribution is 2.32. The molecular weight excluding hydrogens is 413 g/mol. The minimum atomic E-state index is -4.49. The Bertz CT molecular complexity index is 1040. The summed E-state index contributed by atoms with van der Waals surface area (Å²) in [6, 6.07) is 0.558. The molecular formula is C16H17F3N6O3S. The minimum absolute atomic E-state index is 0.0123. The lowest BCUT2D eigenvalue weighted by Gasteiger charge is -2.20. The van der Waals surface area contributed by atoms with Crippen LogP contribution in [0.1, 0.15) is 25.3 Å². The van der Waals surface area contributed by atoms with E-state index in [9.17, 15) is 31.6 Å². The maximum atomic E-state index is 12.8. The molecule has 9 nitrogen and oxygen atoms in total. The van der Waals surface area contributed by atoms with Gasteiger partial charge in [-0.2, -0.15) is 28.4 Å². The van der Waals surface area contributed by atoms with Gasteiger partial charge >= 0.3 is 6.18 Å². The lowest BCUT2D eigenvalue weighted by atomic mass is 10.0. The molecule has 0 saturated carbocycles. The molecule has 0 bridgehead atoms. The topological polar surface area (TPSA) is 151 Å². The molecule has 1 amide bonds. The third-order valence-corrected chi connectivity index (χ3v) is 4.84. The highest BCUT2D eigenvalue weighted by atomic mass is 32.2. The van der Waals surface area contributed by atoms with Crippen LogP contribution in [-0.2, 0) is 14.6 Å². The number of carbonyl (C=O) groups is 1. The maximum absolute atomic E-state index is 12.8. The van der Waals surface area contributed by atoms with Crippen LogP contribution in [0.5, 0.6) is 0 Å². The number of alkyl halides is 3. The van der Waals surface area contributed by atoms with Gasteiger partial charge in [0.2, 0.25) is 11.9 Å². The van der Waals surface area contributed by atoms with Crippen molar-refractivity contribution in [2.45, 2.75) is 37.0 Å². The fraction of sp³-hybridized carbons (Fsp3) is 0.375. The Morgan fingerprint density at radius 3 is 2.59 bits per heavy atom. The number of nitrogens with zero attached hydrogens (tertiary/aromatic N) is 3. The van der Waals surface area contributed by atoms with Gasteiger partial charge in [-0.3, -0.25) is 4.79 Å². The smallest absolute Gasteiger partial charge is 0.368 e. The molecule has 1 aliphatic rings. The van der Waals surface area contributed by atoms with Crippen LogP contribution in [0.25, 0.3) is 0 Å². The third-order valence-electron chi connectivity index (χ3n) is 3.84. The number of amides is 1. The quantitative estimate of drug-likeness (QED) is 0.593. The van der Waals surface area contributed by atoms with Gasteiger partial charge < -0.3 is 16.4 Å². The van der Waals surface area contributed by atoms with Crippen molar-refractivity contribution in [3.05, 3.63) is 29.0 Å². The number of carbonyl (C=O) groups excluding carboxylic acids is 1. The minimum Gasteiger partial charge on any atom is -0.368 e. The third kappa shape index (κ3) is 5.44. The summed E-state index contributed by atoms with van der Waals surface area (Å²) < 4.78 is 62.1. The first-order chi connectivity index (χ1) is 13.3. The van der Waals surface area contributed by atoms with E-state index in [-0.39, 0.29) is 24.4 Å². The lowest BCUT2D eigenvalue weighted by molar-refractivity contribution is -0.120. The van der Waals surface area contributed by atoms with Crippen LogP contribution >= 0.6 is 0 Å². The van der Waals surface area contributed by atoms with Gasteiger partial charge in [-0.15, -0.1) is 0 Å². The number of halogens is 3. The van der Waals surface area contributed by atoms with Gasteiger partial charge in [-0.1, -0.05) is 6.08 Å². The molecule has 29 heavy (non-hydrogen) atoms. The molecule has 0 unspecified atom stereocenters. The Kier molecular flexibility index (Phi) is 6.17. The number of aromatic nitrogens is 2. The molecule has 1 aliphatic carbocycles. The average molecular weight is 430 g/mol. The van der Waals surface area contributed by atoms with Gasteiger partial charge in [-0.05, 0) is 25.8 Å². The Morgan fingerprint density at radius 2 is 2.03 bits per heavy atom. The molecule has 156 valence electrons. The molecule has 1 heterocycles. The predicted molar refractivity (Wildman–Crippen MR) is 97.0 cm³/mol. The Morgan fingerprint density at radius 1 is 1.38 bits per heavy atom. The molecule has 4 N–H and O–H groups in total. The van der Waals surface area contributed by atoms with Crippen molar-refractivity contribution < 1.29 is 26.4 Å². The second kappa shape index (κ2) is 8.08. The molecule has 2 rings (SSSR count). The Labute approximate surface area is 164 Å². The van der Waals surface area contributed by atoms with Gasteiger partial charge in [0.05, 0.1) is 0 Å². The number of anilines is 2. The largest absolute Gasteiger partial charge is 0.412 e. The zero-order chi connectivity index (χ0) is 22.0. The van der Waals surface area contributed by atoms with Crippen molar-refractivity contribution in [3.8, 4) is 6.07 Å². The standard InChI is InChI=1S/C16H17F3N6O3S/c1-8(13(26)23-10-5-3-4-9(6-10)16(17,18)19)22-12-11(7-20)14(29(2,27)28)25-15(21)24-12/h5-6,8H,3-4H2,1-2H3,(H,23,26)(H3,21,22,24,25)/t8-/m0/s1. The number of rotatable bonds is 5. The molecule has 0 fully saturated rings. The summed E-state index contributed by atoms with van der Waals surface area (Å²) in [6.45, 7) is 1.35. The van der Waals surface area contributed by atoms with Crippen LogP contribution in [0.2, 0.25) is 0 Å². The van der Waals surface area contributed by atoms with E-state index in [0.717, 1.165) is 12.3 Å². The number of nitrogens with two attached hydrogens (primary N) is 1. The van der Waals surface area contributed by atoms with Crippen molar-refractivity contribution in [1.29, 1.82) is 5.26 Å². The number of sulfone groups is 1. The van der Waals surface area contributed by atoms with Gasteiger partial charge in [-0.25, -0.2) is 8.42 Å². The van der Waals surface area contributed by atoms with Crippen molar-refractivity contribution in [3.63, 3.8) is 0 Å². The van der Waals surface area contributed by atoms with Crippen LogP contribution < -0.4 is 16.4 Å². The van der Waals surface area contributed by atoms with E-state index in [1.165, 1.54) is 13.0 Å². The highest BCUT2D eigenvalue weighted by Gasteiger charge is 2.34. The fourth-order valence-corrected chi connectivity index (χ4v) is 3.24. The number of allylic oxidation sites excluding steroid dienone is 3. The van der Waals surface area contributed by atoms with E-state index in [1.807, 2.05) is 0 Å². The molecule has 1 aromatic rings. The van der Waals surface area contributed by atoms with Crippen LogP contribution in [0.3, 0.4) is 0 Å². The van der Waals surface area contributed by atoms with Crippen LogP contribution in [0.15, 0.2) is 28.4 Å². The molecule has 0 spiro atoms. The van der Waals surface area contributed by atoms with Crippen LogP contribution in [0, 0.1) is 11.3 Å². The van der Waals surface area contributed by atoms with E-state index < -0.39 is 50.1 Å². The summed E-state index contributed by atoms with van der Waals surface area (Å²) in [6.07, 6.45) is -1.44. The normalized spacial score (nSPS) is 15.6. The van der Waals surface area contributed by atoms with Gasteiger partial charge in [0.15, 0.2) is 20.7 Å². The van der Waals surface area contributed by atoms with Crippen molar-refractivity contribution >= 4 is 27.5 Å². The van der Waals surface area contributed by atoms with Crippen molar-refractivity contribution in [2.24, 2.45) is 0 Å². The number of nitrogens with one attached hydrogen (secondary N) is 2. The monoisotopic (exact) mass is 430 g/mol. The van der Waals surface area contributed by atoms with Gasteiger partial charge in [0, 0.05) is 17.5 Å². The zero-order valence-corrected chi connectivity index (χ0v) is 16.1.